The summed E-state index contributed by atoms with van der Waals surface area (Å²) in [4.78, 5) is 39.3. The molecule has 1 N–H and O–H groups in total. The molecule has 1 aromatic carbocycles. The van der Waals surface area contributed by atoms with Gasteiger partial charge in [-0.3, -0.25) is 19.3 Å². The molecular formula is C21H23BrN2O6S2. The Kier molecular flexibility index (Phi) is 8.55. The molecule has 0 spiro atoms. The van der Waals surface area contributed by atoms with Crippen molar-refractivity contribution in [1.29, 1.82) is 0 Å². The van der Waals surface area contributed by atoms with E-state index in [4.69, 9.17) is 26.8 Å². The normalized spacial score (nSPS) is 17.8. The number of nitrogens with zero attached hydrogens (tertiary/aromatic N) is 2. The number of hydrogen-bond donors (Lipinski definition) is 1. The van der Waals surface area contributed by atoms with Crippen molar-refractivity contribution in [2.24, 2.45) is 0 Å². The quantitative estimate of drug-likeness (QED) is 0.393. The van der Waals surface area contributed by atoms with Gasteiger partial charge in [0.15, 0.2) is 18.1 Å². The third-order valence-electron chi connectivity index (χ3n) is 5.02. The fourth-order valence-electron chi connectivity index (χ4n) is 3.38. The molecule has 1 aromatic rings. The third kappa shape index (κ3) is 6.02. The number of amides is 2. The first-order chi connectivity index (χ1) is 15.3. The fourth-order valence-corrected chi connectivity index (χ4v) is 5.27. The van der Waals surface area contributed by atoms with E-state index in [1.54, 1.807) is 18.2 Å². The van der Waals surface area contributed by atoms with Gasteiger partial charge in [-0.1, -0.05) is 24.0 Å². The molecule has 0 aliphatic carbocycles. The molecule has 0 saturated carbocycles. The van der Waals surface area contributed by atoms with E-state index in [0.717, 1.165) is 44.1 Å². The second-order valence-electron chi connectivity index (χ2n) is 7.24. The highest BCUT2D eigenvalue weighted by atomic mass is 79.9. The maximum Gasteiger partial charge on any atom is 0.305 e. The van der Waals surface area contributed by atoms with Gasteiger partial charge in [0.1, 0.15) is 4.32 Å². The van der Waals surface area contributed by atoms with E-state index in [0.29, 0.717) is 30.8 Å². The fraction of sp³-hybridized carbons (Fsp3) is 0.429. The van der Waals surface area contributed by atoms with Crippen molar-refractivity contribution < 1.29 is 29.0 Å². The van der Waals surface area contributed by atoms with Gasteiger partial charge >= 0.3 is 5.97 Å². The lowest BCUT2D eigenvalue weighted by molar-refractivity contribution is -0.137. The summed E-state index contributed by atoms with van der Waals surface area (Å²) >= 11 is 9.80. The second-order valence-corrected chi connectivity index (χ2v) is 9.77. The molecule has 8 nitrogen and oxygen atoms in total. The summed E-state index contributed by atoms with van der Waals surface area (Å²) < 4.78 is 12.1. The molecule has 2 aliphatic heterocycles. The van der Waals surface area contributed by atoms with Gasteiger partial charge < -0.3 is 19.5 Å². The number of hydrogen-bond acceptors (Lipinski definition) is 7. The van der Waals surface area contributed by atoms with Crippen LogP contribution in [0.5, 0.6) is 11.5 Å². The third-order valence-corrected chi connectivity index (χ3v) is 6.99. The molecule has 2 aliphatic rings. The van der Waals surface area contributed by atoms with Gasteiger partial charge in [0.05, 0.1) is 22.9 Å². The number of thioether (sulfide) groups is 1. The van der Waals surface area contributed by atoms with Crippen molar-refractivity contribution in [3.05, 3.63) is 27.1 Å². The minimum atomic E-state index is -0.994. The molecule has 2 heterocycles. The van der Waals surface area contributed by atoms with E-state index in [1.165, 1.54) is 12.0 Å². The van der Waals surface area contributed by atoms with E-state index in [1.807, 2.05) is 4.90 Å². The molecule has 172 valence electrons. The van der Waals surface area contributed by atoms with Crippen molar-refractivity contribution in [2.75, 3.05) is 33.4 Å². The van der Waals surface area contributed by atoms with Crippen LogP contribution < -0.4 is 9.47 Å². The monoisotopic (exact) mass is 542 g/mol. The second kappa shape index (κ2) is 11.2. The smallest absolute Gasteiger partial charge is 0.305 e. The molecule has 11 heteroatoms. The van der Waals surface area contributed by atoms with Crippen LogP contribution in [0.2, 0.25) is 0 Å². The van der Waals surface area contributed by atoms with Crippen molar-refractivity contribution in [3.8, 4) is 11.5 Å². The minimum absolute atomic E-state index is 0.0299. The predicted molar refractivity (Wildman–Crippen MR) is 129 cm³/mol. The van der Waals surface area contributed by atoms with Gasteiger partial charge in [0, 0.05) is 19.6 Å². The van der Waals surface area contributed by atoms with Crippen LogP contribution in [-0.4, -0.2) is 70.4 Å². The molecular weight excluding hydrogens is 520 g/mol. The highest BCUT2D eigenvalue weighted by Gasteiger charge is 2.32. The number of carbonyl (C=O) groups excluding carboxylic acids is 2. The van der Waals surface area contributed by atoms with Crippen LogP contribution in [0.25, 0.3) is 6.08 Å². The first kappa shape index (κ1) is 24.5. The van der Waals surface area contributed by atoms with Gasteiger partial charge in [0.25, 0.3) is 11.8 Å². The lowest BCUT2D eigenvalue weighted by Crippen LogP contribution is -2.38. The topological polar surface area (TPSA) is 96.4 Å². The van der Waals surface area contributed by atoms with Crippen molar-refractivity contribution in [1.82, 2.24) is 9.80 Å². The Labute approximate surface area is 204 Å². The molecule has 0 bridgehead atoms. The number of rotatable bonds is 8. The summed E-state index contributed by atoms with van der Waals surface area (Å²) in [6.45, 7) is 1.45. The number of piperidine rings is 1. The standard InChI is InChI=1S/C21H23BrN2O6S2/c1-29-15-10-13(11-16-20(28)24(21(31)32-16)8-5-18(26)27)9-14(22)19(15)30-12-17(25)23-6-3-2-4-7-23/h9-11H,2-8,12H2,1H3,(H,26,27)/b16-11+. The number of likely N-dealkylation sites (tertiary alicyclic amines) is 1. The number of ether oxygens (including phenoxy) is 2. The van der Waals surface area contributed by atoms with Crippen LogP contribution >= 0.6 is 39.9 Å². The van der Waals surface area contributed by atoms with Gasteiger partial charge in [0.2, 0.25) is 0 Å². The lowest BCUT2D eigenvalue weighted by atomic mass is 10.1. The first-order valence-corrected chi connectivity index (χ1v) is 12.1. The van der Waals surface area contributed by atoms with E-state index in [9.17, 15) is 14.4 Å². The Bertz CT molecular complexity index is 962. The molecule has 32 heavy (non-hydrogen) atoms. The molecule has 0 radical (unpaired) electrons. The highest BCUT2D eigenvalue weighted by molar-refractivity contribution is 9.10. The van der Waals surface area contributed by atoms with Crippen LogP contribution in [0, 0.1) is 0 Å². The number of aliphatic carboxylic acids is 1. The molecule has 2 saturated heterocycles. The van der Waals surface area contributed by atoms with Crippen molar-refractivity contribution >= 4 is 68.1 Å². The number of halogens is 1. The highest BCUT2D eigenvalue weighted by Crippen LogP contribution is 2.39. The van der Waals surface area contributed by atoms with E-state index in [-0.39, 0.29) is 31.4 Å². The number of carboxylic acid groups (broad SMARTS) is 1. The van der Waals surface area contributed by atoms with Crippen LogP contribution in [0.3, 0.4) is 0 Å². The molecule has 0 unspecified atom stereocenters. The molecule has 3 rings (SSSR count). The van der Waals surface area contributed by atoms with Crippen LogP contribution in [0.15, 0.2) is 21.5 Å². The molecule has 2 amide bonds. The van der Waals surface area contributed by atoms with Gasteiger partial charge in [-0.2, -0.15) is 0 Å². The van der Waals surface area contributed by atoms with Gasteiger partial charge in [-0.25, -0.2) is 0 Å². The van der Waals surface area contributed by atoms with E-state index < -0.39 is 5.97 Å². The molecule has 2 fully saturated rings. The molecule has 0 atom stereocenters. The Morgan fingerprint density at radius 2 is 2.00 bits per heavy atom. The maximum atomic E-state index is 12.6. The Morgan fingerprint density at radius 1 is 1.28 bits per heavy atom. The van der Waals surface area contributed by atoms with E-state index >= 15 is 0 Å². The van der Waals surface area contributed by atoms with Crippen molar-refractivity contribution in [3.63, 3.8) is 0 Å². The summed E-state index contributed by atoms with van der Waals surface area (Å²) in [6, 6.07) is 3.46. The SMILES string of the molecule is COc1cc(/C=C2/SC(=S)N(CCC(=O)O)C2=O)cc(Br)c1OCC(=O)N1CCCCC1. The summed E-state index contributed by atoms with van der Waals surface area (Å²) in [6.07, 6.45) is 4.65. The first-order valence-electron chi connectivity index (χ1n) is 10.1. The van der Waals surface area contributed by atoms with Crippen LogP contribution in [0.1, 0.15) is 31.2 Å². The minimum Gasteiger partial charge on any atom is -0.493 e. The van der Waals surface area contributed by atoms with Crippen LogP contribution in [-0.2, 0) is 14.4 Å². The lowest BCUT2D eigenvalue weighted by Gasteiger charge is -2.26. The molecule has 0 aromatic heterocycles. The van der Waals surface area contributed by atoms with E-state index in [2.05, 4.69) is 15.9 Å². The summed E-state index contributed by atoms with van der Waals surface area (Å²) in [5.41, 5.74) is 0.669. The Hall–Kier alpha value is -2.11. The zero-order valence-electron chi connectivity index (χ0n) is 17.5. The number of carbonyl (C=O) groups is 3. The zero-order chi connectivity index (χ0) is 23.3. The Balaban J connectivity index is 1.73. The summed E-state index contributed by atoms with van der Waals surface area (Å²) in [7, 11) is 1.50. The van der Waals surface area contributed by atoms with Crippen LogP contribution in [0.4, 0.5) is 0 Å². The maximum absolute atomic E-state index is 12.6. The van der Waals surface area contributed by atoms with Crippen molar-refractivity contribution in [2.45, 2.75) is 25.7 Å². The number of benzene rings is 1. The average Bonchev–Trinajstić information content (AvgIpc) is 3.03. The van der Waals surface area contributed by atoms with Gasteiger partial charge in [-0.15, -0.1) is 0 Å². The zero-order valence-corrected chi connectivity index (χ0v) is 20.7. The summed E-state index contributed by atoms with van der Waals surface area (Å²) in [5, 5.41) is 8.86. The predicted octanol–water partition coefficient (Wildman–Crippen LogP) is 3.52. The number of thiocarbonyl (C=S) groups is 1. The number of methoxy groups -OCH3 is 1. The van der Waals surface area contributed by atoms with Gasteiger partial charge in [-0.05, 0) is 59.0 Å². The average molecular weight is 543 g/mol. The summed E-state index contributed by atoms with van der Waals surface area (Å²) in [5.74, 6) is -0.565. The number of carboxylic acids is 1. The Morgan fingerprint density at radius 3 is 2.66 bits per heavy atom. The largest absolute Gasteiger partial charge is 0.493 e.